The number of nitrogens with zero attached hydrogens (tertiary/aromatic N) is 2. The lowest BCUT2D eigenvalue weighted by Crippen LogP contribution is -2.43. The Kier molecular flexibility index (Phi) is 2.79. The molecule has 0 radical (unpaired) electrons. The predicted molar refractivity (Wildman–Crippen MR) is 67.7 cm³/mol. The maximum Gasteiger partial charge on any atom is 0.229 e. The van der Waals surface area contributed by atoms with Gasteiger partial charge in [-0.2, -0.15) is 5.10 Å². The molecule has 7 heteroatoms. The van der Waals surface area contributed by atoms with Gasteiger partial charge in [0.1, 0.15) is 0 Å². The third-order valence-corrected chi connectivity index (χ3v) is 4.81. The average Bonchev–Trinajstić information content (AvgIpc) is 2.70. The molecule has 0 aliphatic carbocycles. The molecule has 0 bridgehead atoms. The fourth-order valence-corrected chi connectivity index (χ4v) is 3.18. The lowest BCUT2D eigenvalue weighted by Gasteiger charge is -2.26. The SMILES string of the molecule is O=S(=O)(c1ccccc1)c1nn(C2CNC2)cc1O. The van der Waals surface area contributed by atoms with Crippen LogP contribution in [0.25, 0.3) is 0 Å². The van der Waals surface area contributed by atoms with E-state index < -0.39 is 9.84 Å². The Morgan fingerprint density at radius 2 is 1.95 bits per heavy atom. The van der Waals surface area contributed by atoms with Crippen molar-refractivity contribution in [3.63, 3.8) is 0 Å². The molecule has 0 saturated carbocycles. The van der Waals surface area contributed by atoms with E-state index in [9.17, 15) is 13.5 Å². The van der Waals surface area contributed by atoms with Gasteiger partial charge in [-0.25, -0.2) is 8.42 Å². The summed E-state index contributed by atoms with van der Waals surface area (Å²) in [6, 6.07) is 8.08. The standard InChI is InChI=1S/C12H13N3O3S/c16-11-8-15(9-6-13-7-9)14-12(11)19(17,18)10-4-2-1-3-5-10/h1-5,8-9,13,16H,6-7H2. The van der Waals surface area contributed by atoms with Gasteiger partial charge in [0.2, 0.25) is 14.9 Å². The zero-order valence-corrected chi connectivity index (χ0v) is 10.8. The summed E-state index contributed by atoms with van der Waals surface area (Å²) in [5, 5.41) is 16.6. The number of rotatable bonds is 3. The molecule has 0 unspecified atom stereocenters. The van der Waals surface area contributed by atoms with Crippen LogP contribution >= 0.6 is 0 Å². The molecule has 2 N–H and O–H groups in total. The van der Waals surface area contributed by atoms with Crippen LogP contribution in [0.15, 0.2) is 46.5 Å². The van der Waals surface area contributed by atoms with E-state index in [0.717, 1.165) is 13.1 Å². The minimum atomic E-state index is -3.77. The summed E-state index contributed by atoms with van der Waals surface area (Å²) >= 11 is 0. The van der Waals surface area contributed by atoms with Gasteiger partial charge in [0.15, 0.2) is 5.75 Å². The molecule has 1 aromatic carbocycles. The monoisotopic (exact) mass is 279 g/mol. The van der Waals surface area contributed by atoms with Crippen LogP contribution in [0, 0.1) is 0 Å². The van der Waals surface area contributed by atoms with Crippen LogP contribution in [0.4, 0.5) is 0 Å². The molecule has 1 aliphatic rings. The van der Waals surface area contributed by atoms with Gasteiger partial charge in [0.05, 0.1) is 17.1 Å². The largest absolute Gasteiger partial charge is 0.504 e. The first-order valence-electron chi connectivity index (χ1n) is 5.88. The first kappa shape index (κ1) is 12.2. The van der Waals surface area contributed by atoms with Crippen LogP contribution in [0.2, 0.25) is 0 Å². The lowest BCUT2D eigenvalue weighted by atomic mass is 10.2. The summed E-state index contributed by atoms with van der Waals surface area (Å²) < 4.78 is 26.2. The Balaban J connectivity index is 2.04. The van der Waals surface area contributed by atoms with Crippen molar-refractivity contribution in [3.8, 4) is 5.75 Å². The van der Waals surface area contributed by atoms with Crippen molar-refractivity contribution in [2.24, 2.45) is 0 Å². The number of aromatic nitrogens is 2. The highest BCUT2D eigenvalue weighted by molar-refractivity contribution is 7.91. The van der Waals surface area contributed by atoms with E-state index in [2.05, 4.69) is 10.4 Å². The van der Waals surface area contributed by atoms with E-state index in [0.29, 0.717) is 0 Å². The molecular weight excluding hydrogens is 266 g/mol. The minimum Gasteiger partial charge on any atom is -0.504 e. The van der Waals surface area contributed by atoms with Gasteiger partial charge < -0.3 is 10.4 Å². The number of benzene rings is 1. The van der Waals surface area contributed by atoms with Gasteiger partial charge in [-0.1, -0.05) is 18.2 Å². The molecule has 2 aromatic rings. The van der Waals surface area contributed by atoms with Crippen LogP contribution in [0.3, 0.4) is 0 Å². The Morgan fingerprint density at radius 3 is 2.53 bits per heavy atom. The van der Waals surface area contributed by atoms with Crippen LogP contribution in [0.5, 0.6) is 5.75 Å². The normalized spacial score (nSPS) is 16.2. The Bertz CT molecular complexity index is 690. The van der Waals surface area contributed by atoms with Gasteiger partial charge in [0, 0.05) is 13.1 Å². The number of nitrogens with one attached hydrogen (secondary N) is 1. The third-order valence-electron chi connectivity index (χ3n) is 3.12. The Morgan fingerprint density at radius 1 is 1.26 bits per heavy atom. The van der Waals surface area contributed by atoms with Crippen LogP contribution in [0.1, 0.15) is 6.04 Å². The van der Waals surface area contributed by atoms with E-state index >= 15 is 0 Å². The second-order valence-corrected chi connectivity index (χ2v) is 6.29. The van der Waals surface area contributed by atoms with E-state index in [1.807, 2.05) is 0 Å². The molecule has 100 valence electrons. The minimum absolute atomic E-state index is 0.102. The van der Waals surface area contributed by atoms with Gasteiger partial charge in [0.25, 0.3) is 0 Å². The van der Waals surface area contributed by atoms with Crippen molar-refractivity contribution in [1.82, 2.24) is 15.1 Å². The van der Waals surface area contributed by atoms with E-state index in [4.69, 9.17) is 0 Å². The molecule has 0 spiro atoms. The smallest absolute Gasteiger partial charge is 0.229 e. The zero-order valence-electron chi connectivity index (χ0n) is 10.0. The number of sulfone groups is 1. The third kappa shape index (κ3) is 2.00. The van der Waals surface area contributed by atoms with Gasteiger partial charge in [-0.3, -0.25) is 4.68 Å². The molecular formula is C12H13N3O3S. The van der Waals surface area contributed by atoms with Crippen molar-refractivity contribution in [2.45, 2.75) is 16.0 Å². The number of hydrogen-bond donors (Lipinski definition) is 2. The maximum absolute atomic E-state index is 12.3. The highest BCUT2D eigenvalue weighted by Crippen LogP contribution is 2.28. The summed E-state index contributed by atoms with van der Waals surface area (Å²) in [6.07, 6.45) is 1.36. The van der Waals surface area contributed by atoms with Gasteiger partial charge in [-0.15, -0.1) is 0 Å². The molecule has 19 heavy (non-hydrogen) atoms. The van der Waals surface area contributed by atoms with Crippen molar-refractivity contribution >= 4 is 9.84 Å². The van der Waals surface area contributed by atoms with Crippen molar-refractivity contribution in [1.29, 1.82) is 0 Å². The molecule has 6 nitrogen and oxygen atoms in total. The maximum atomic E-state index is 12.3. The second kappa shape index (κ2) is 4.36. The molecule has 0 atom stereocenters. The van der Waals surface area contributed by atoms with Crippen LogP contribution in [-0.2, 0) is 9.84 Å². The summed E-state index contributed by atoms with van der Waals surface area (Å²) in [4.78, 5) is 0.127. The molecule has 2 heterocycles. The average molecular weight is 279 g/mol. The fourth-order valence-electron chi connectivity index (χ4n) is 1.92. The molecule has 1 aromatic heterocycles. The summed E-state index contributed by atoms with van der Waals surface area (Å²) in [6.45, 7) is 1.46. The topological polar surface area (TPSA) is 84.2 Å². The van der Waals surface area contributed by atoms with E-state index in [-0.39, 0.29) is 21.7 Å². The van der Waals surface area contributed by atoms with Crippen molar-refractivity contribution in [2.75, 3.05) is 13.1 Å². The summed E-state index contributed by atoms with van der Waals surface area (Å²) in [7, 11) is -3.77. The Labute approximate surface area is 110 Å². The first-order valence-corrected chi connectivity index (χ1v) is 7.36. The predicted octanol–water partition coefficient (Wildman–Crippen LogP) is 0.566. The molecule has 1 aliphatic heterocycles. The van der Waals surface area contributed by atoms with E-state index in [1.54, 1.807) is 18.2 Å². The lowest BCUT2D eigenvalue weighted by molar-refractivity contribution is 0.314. The molecule has 3 rings (SSSR count). The summed E-state index contributed by atoms with van der Waals surface area (Å²) in [5.74, 6) is -0.309. The molecule has 1 fully saturated rings. The van der Waals surface area contributed by atoms with Gasteiger partial charge >= 0.3 is 0 Å². The van der Waals surface area contributed by atoms with Crippen molar-refractivity contribution < 1.29 is 13.5 Å². The molecule has 0 amide bonds. The highest BCUT2D eigenvalue weighted by Gasteiger charge is 2.28. The van der Waals surface area contributed by atoms with E-state index in [1.165, 1.54) is 23.0 Å². The highest BCUT2D eigenvalue weighted by atomic mass is 32.2. The summed E-state index contributed by atoms with van der Waals surface area (Å²) in [5.41, 5.74) is 0. The molecule has 1 saturated heterocycles. The zero-order chi connectivity index (χ0) is 13.5. The number of aromatic hydroxyl groups is 1. The second-order valence-electron chi connectivity index (χ2n) is 4.43. The fraction of sp³-hybridized carbons (Fsp3) is 0.250. The quantitative estimate of drug-likeness (QED) is 0.858. The van der Waals surface area contributed by atoms with Crippen LogP contribution < -0.4 is 5.32 Å². The van der Waals surface area contributed by atoms with Crippen molar-refractivity contribution in [3.05, 3.63) is 36.5 Å². The van der Waals surface area contributed by atoms with Gasteiger partial charge in [-0.05, 0) is 12.1 Å². The first-order chi connectivity index (χ1) is 9.09. The van der Waals surface area contributed by atoms with Crippen LogP contribution in [-0.4, -0.2) is 36.4 Å². The number of hydrogen-bond acceptors (Lipinski definition) is 5. The Hall–Kier alpha value is -1.86.